The standard InChI is InChI=1S/C10H17N3O2/c1-10(2)14-6-8(7-15-10)11-9-4-5-13(3)12-9/h4-5,8H,6-7H2,1-3H3,(H,11,12). The van der Waals surface area contributed by atoms with E-state index in [0.717, 1.165) is 5.82 Å². The van der Waals surface area contributed by atoms with E-state index >= 15 is 0 Å². The van der Waals surface area contributed by atoms with E-state index in [1.54, 1.807) is 4.68 Å². The zero-order valence-electron chi connectivity index (χ0n) is 9.36. The zero-order chi connectivity index (χ0) is 10.9. The van der Waals surface area contributed by atoms with Crippen LogP contribution in [0.4, 0.5) is 5.82 Å². The molecule has 2 rings (SSSR count). The molecule has 15 heavy (non-hydrogen) atoms. The minimum atomic E-state index is -0.456. The van der Waals surface area contributed by atoms with Crippen molar-refractivity contribution in [3.63, 3.8) is 0 Å². The van der Waals surface area contributed by atoms with Gasteiger partial charge < -0.3 is 14.8 Å². The Morgan fingerprint density at radius 2 is 2.13 bits per heavy atom. The first-order valence-electron chi connectivity index (χ1n) is 5.09. The number of ether oxygens (including phenoxy) is 2. The summed E-state index contributed by atoms with van der Waals surface area (Å²) in [7, 11) is 1.89. The molecule has 0 aromatic carbocycles. The molecule has 1 aliphatic heterocycles. The summed E-state index contributed by atoms with van der Waals surface area (Å²) in [4.78, 5) is 0. The van der Waals surface area contributed by atoms with Gasteiger partial charge in [0.25, 0.3) is 0 Å². The molecule has 1 saturated heterocycles. The Morgan fingerprint density at radius 3 is 2.67 bits per heavy atom. The third kappa shape index (κ3) is 2.70. The molecule has 84 valence electrons. The smallest absolute Gasteiger partial charge is 0.162 e. The van der Waals surface area contributed by atoms with Crippen LogP contribution in [-0.4, -0.2) is 34.8 Å². The van der Waals surface area contributed by atoms with Gasteiger partial charge in [-0.3, -0.25) is 4.68 Å². The van der Waals surface area contributed by atoms with Crippen LogP contribution in [0.1, 0.15) is 13.8 Å². The molecule has 1 fully saturated rings. The Kier molecular flexibility index (Phi) is 2.67. The fourth-order valence-corrected chi connectivity index (χ4v) is 1.48. The average Bonchev–Trinajstić information content (AvgIpc) is 2.55. The van der Waals surface area contributed by atoms with Crippen LogP contribution in [0.2, 0.25) is 0 Å². The first kappa shape index (κ1) is 10.4. The number of nitrogens with zero attached hydrogens (tertiary/aromatic N) is 2. The topological polar surface area (TPSA) is 48.3 Å². The third-order valence-electron chi connectivity index (χ3n) is 2.33. The summed E-state index contributed by atoms with van der Waals surface area (Å²) < 4.78 is 12.8. The summed E-state index contributed by atoms with van der Waals surface area (Å²) in [6, 6.07) is 2.10. The van der Waals surface area contributed by atoms with Crippen molar-refractivity contribution in [1.82, 2.24) is 9.78 Å². The predicted octanol–water partition coefficient (Wildman–Crippen LogP) is 0.983. The lowest BCUT2D eigenvalue weighted by molar-refractivity contribution is -0.247. The van der Waals surface area contributed by atoms with Crippen molar-refractivity contribution in [3.8, 4) is 0 Å². The highest BCUT2D eigenvalue weighted by molar-refractivity contribution is 5.33. The van der Waals surface area contributed by atoms with Crippen LogP contribution in [0.15, 0.2) is 12.3 Å². The molecule has 0 atom stereocenters. The normalized spacial score (nSPS) is 21.5. The molecule has 0 unspecified atom stereocenters. The number of aryl methyl sites for hydroxylation is 1. The number of aromatic nitrogens is 2. The first-order chi connectivity index (χ1) is 7.05. The maximum absolute atomic E-state index is 5.54. The van der Waals surface area contributed by atoms with Gasteiger partial charge in [0.05, 0.1) is 19.3 Å². The van der Waals surface area contributed by atoms with Gasteiger partial charge in [0.1, 0.15) is 5.82 Å². The summed E-state index contributed by atoms with van der Waals surface area (Å²) in [5.41, 5.74) is 0. The number of anilines is 1. The number of hydrogen-bond acceptors (Lipinski definition) is 4. The van der Waals surface area contributed by atoms with Crippen molar-refractivity contribution >= 4 is 5.82 Å². The van der Waals surface area contributed by atoms with E-state index < -0.39 is 5.79 Å². The highest BCUT2D eigenvalue weighted by Gasteiger charge is 2.28. The molecule has 5 heteroatoms. The molecule has 1 aromatic rings. The van der Waals surface area contributed by atoms with Crippen molar-refractivity contribution in [2.45, 2.75) is 25.7 Å². The molecule has 1 aromatic heterocycles. The molecular weight excluding hydrogens is 194 g/mol. The minimum Gasteiger partial charge on any atom is -0.361 e. The summed E-state index contributed by atoms with van der Waals surface area (Å²) in [5, 5.41) is 7.49. The third-order valence-corrected chi connectivity index (χ3v) is 2.33. The van der Waals surface area contributed by atoms with Gasteiger partial charge in [-0.2, -0.15) is 5.10 Å². The molecule has 2 heterocycles. The molecule has 5 nitrogen and oxygen atoms in total. The first-order valence-corrected chi connectivity index (χ1v) is 5.09. The fourth-order valence-electron chi connectivity index (χ4n) is 1.48. The van der Waals surface area contributed by atoms with Crippen LogP contribution in [0.3, 0.4) is 0 Å². The van der Waals surface area contributed by atoms with Gasteiger partial charge in [-0.15, -0.1) is 0 Å². The molecule has 1 aliphatic rings. The highest BCUT2D eigenvalue weighted by Crippen LogP contribution is 2.18. The summed E-state index contributed by atoms with van der Waals surface area (Å²) in [5.74, 6) is 0.400. The van der Waals surface area contributed by atoms with E-state index in [4.69, 9.17) is 9.47 Å². The predicted molar refractivity (Wildman–Crippen MR) is 56.6 cm³/mol. The Morgan fingerprint density at radius 1 is 1.47 bits per heavy atom. The molecule has 0 aliphatic carbocycles. The molecule has 0 bridgehead atoms. The molecule has 0 radical (unpaired) electrons. The Hall–Kier alpha value is -1.07. The van der Waals surface area contributed by atoms with Gasteiger partial charge in [-0.1, -0.05) is 0 Å². The lowest BCUT2D eigenvalue weighted by Gasteiger charge is -2.35. The SMILES string of the molecule is Cn1ccc(NC2COC(C)(C)OC2)n1. The van der Waals surface area contributed by atoms with Gasteiger partial charge in [0.2, 0.25) is 0 Å². The minimum absolute atomic E-state index is 0.174. The van der Waals surface area contributed by atoms with E-state index in [2.05, 4.69) is 10.4 Å². The average molecular weight is 211 g/mol. The zero-order valence-corrected chi connectivity index (χ0v) is 9.36. The van der Waals surface area contributed by atoms with E-state index in [0.29, 0.717) is 13.2 Å². The Bertz CT molecular complexity index is 325. The van der Waals surface area contributed by atoms with E-state index in [1.807, 2.05) is 33.2 Å². The van der Waals surface area contributed by atoms with Crippen LogP contribution in [0.5, 0.6) is 0 Å². The lowest BCUT2D eigenvalue weighted by atomic mass is 10.2. The van der Waals surface area contributed by atoms with Gasteiger partial charge in [0, 0.05) is 19.3 Å². The van der Waals surface area contributed by atoms with Crippen LogP contribution < -0.4 is 5.32 Å². The molecule has 1 N–H and O–H groups in total. The Balaban J connectivity index is 1.87. The maximum atomic E-state index is 5.54. The monoisotopic (exact) mass is 211 g/mol. The molecule has 0 saturated carbocycles. The highest BCUT2D eigenvalue weighted by atomic mass is 16.7. The fraction of sp³-hybridized carbons (Fsp3) is 0.700. The largest absolute Gasteiger partial charge is 0.361 e. The van der Waals surface area contributed by atoms with Gasteiger partial charge in [0.15, 0.2) is 5.79 Å². The molecule has 0 spiro atoms. The summed E-state index contributed by atoms with van der Waals surface area (Å²) in [6.07, 6.45) is 1.90. The Labute approximate surface area is 89.4 Å². The second-order valence-corrected chi connectivity index (χ2v) is 4.24. The van der Waals surface area contributed by atoms with Gasteiger partial charge >= 0.3 is 0 Å². The van der Waals surface area contributed by atoms with Crippen molar-refractivity contribution in [1.29, 1.82) is 0 Å². The quantitative estimate of drug-likeness (QED) is 0.792. The van der Waals surface area contributed by atoms with Crippen molar-refractivity contribution < 1.29 is 9.47 Å². The molecule has 0 amide bonds. The van der Waals surface area contributed by atoms with Crippen LogP contribution in [-0.2, 0) is 16.5 Å². The van der Waals surface area contributed by atoms with Crippen LogP contribution >= 0.6 is 0 Å². The van der Waals surface area contributed by atoms with Crippen molar-refractivity contribution in [3.05, 3.63) is 12.3 Å². The number of nitrogens with one attached hydrogen (secondary N) is 1. The van der Waals surface area contributed by atoms with E-state index in [9.17, 15) is 0 Å². The van der Waals surface area contributed by atoms with Gasteiger partial charge in [-0.25, -0.2) is 0 Å². The molecular formula is C10H17N3O2. The van der Waals surface area contributed by atoms with Crippen LogP contribution in [0, 0.1) is 0 Å². The lowest BCUT2D eigenvalue weighted by Crippen LogP contribution is -2.45. The summed E-state index contributed by atoms with van der Waals surface area (Å²) >= 11 is 0. The second-order valence-electron chi connectivity index (χ2n) is 4.24. The summed E-state index contributed by atoms with van der Waals surface area (Å²) in [6.45, 7) is 5.13. The van der Waals surface area contributed by atoms with E-state index in [1.165, 1.54) is 0 Å². The van der Waals surface area contributed by atoms with Crippen LogP contribution in [0.25, 0.3) is 0 Å². The van der Waals surface area contributed by atoms with E-state index in [-0.39, 0.29) is 6.04 Å². The number of hydrogen-bond donors (Lipinski definition) is 1. The maximum Gasteiger partial charge on any atom is 0.162 e. The second kappa shape index (κ2) is 3.83. The van der Waals surface area contributed by atoms with Gasteiger partial charge in [-0.05, 0) is 13.8 Å². The van der Waals surface area contributed by atoms with Crippen molar-refractivity contribution in [2.75, 3.05) is 18.5 Å². The number of rotatable bonds is 2. The van der Waals surface area contributed by atoms with Crippen molar-refractivity contribution in [2.24, 2.45) is 7.05 Å².